The number of aromatic nitrogens is 3. The molecule has 1 aliphatic heterocycles. The van der Waals surface area contributed by atoms with Gasteiger partial charge in [0.1, 0.15) is 11.8 Å². The Labute approximate surface area is 145 Å². The Kier molecular flexibility index (Phi) is 4.33. The zero-order chi connectivity index (χ0) is 17.2. The molecular formula is C18H20N4O3. The Bertz CT molecular complexity index is 830. The number of morpholine rings is 1. The predicted molar refractivity (Wildman–Crippen MR) is 89.5 cm³/mol. The van der Waals surface area contributed by atoms with E-state index in [4.69, 9.17) is 13.7 Å². The fourth-order valence-electron chi connectivity index (χ4n) is 3.15. The first-order chi connectivity index (χ1) is 12.2. The molecule has 0 aliphatic carbocycles. The average molecular weight is 340 g/mol. The molecule has 7 heteroatoms. The maximum absolute atomic E-state index is 5.94. The van der Waals surface area contributed by atoms with Gasteiger partial charge in [-0.3, -0.25) is 4.90 Å². The minimum absolute atomic E-state index is 0.0369. The Morgan fingerprint density at radius 3 is 2.84 bits per heavy atom. The van der Waals surface area contributed by atoms with E-state index in [1.54, 1.807) is 6.20 Å². The van der Waals surface area contributed by atoms with Crippen LogP contribution in [0.5, 0.6) is 0 Å². The molecule has 1 aliphatic rings. The Hall–Kier alpha value is -2.51. The van der Waals surface area contributed by atoms with Crippen molar-refractivity contribution in [2.24, 2.45) is 0 Å². The van der Waals surface area contributed by atoms with E-state index >= 15 is 0 Å². The second kappa shape index (κ2) is 6.78. The Balaban J connectivity index is 1.55. The molecule has 0 saturated carbocycles. The van der Waals surface area contributed by atoms with Crippen LogP contribution in [0.15, 0.2) is 45.5 Å². The van der Waals surface area contributed by atoms with Crippen LogP contribution in [-0.4, -0.2) is 39.3 Å². The molecule has 1 fully saturated rings. The first-order valence-corrected chi connectivity index (χ1v) is 8.36. The molecule has 4 rings (SSSR count). The fraction of sp³-hybridized carbons (Fsp3) is 0.389. The van der Waals surface area contributed by atoms with E-state index in [9.17, 15) is 0 Å². The van der Waals surface area contributed by atoms with Gasteiger partial charge in [0.05, 0.1) is 25.5 Å². The molecular weight excluding hydrogens is 320 g/mol. The molecule has 7 nitrogen and oxygen atoms in total. The number of oxazole rings is 1. The van der Waals surface area contributed by atoms with Crippen molar-refractivity contribution >= 4 is 0 Å². The highest BCUT2D eigenvalue weighted by atomic mass is 16.5. The lowest BCUT2D eigenvalue weighted by Gasteiger charge is -2.36. The molecule has 0 bridgehead atoms. The summed E-state index contributed by atoms with van der Waals surface area (Å²) in [4.78, 5) is 11.0. The van der Waals surface area contributed by atoms with Crippen molar-refractivity contribution in [1.82, 2.24) is 20.0 Å². The summed E-state index contributed by atoms with van der Waals surface area (Å²) in [6.07, 6.45) is 1.74. The van der Waals surface area contributed by atoms with Crippen LogP contribution in [0.2, 0.25) is 0 Å². The van der Waals surface area contributed by atoms with E-state index in [1.807, 2.05) is 44.2 Å². The summed E-state index contributed by atoms with van der Waals surface area (Å²) in [7, 11) is 0. The number of hydrogen-bond acceptors (Lipinski definition) is 7. The van der Waals surface area contributed by atoms with Crippen LogP contribution in [0.4, 0.5) is 0 Å². The Morgan fingerprint density at radius 2 is 2.08 bits per heavy atom. The zero-order valence-electron chi connectivity index (χ0n) is 14.3. The van der Waals surface area contributed by atoms with Crippen LogP contribution in [0.3, 0.4) is 0 Å². The van der Waals surface area contributed by atoms with Crippen molar-refractivity contribution in [2.45, 2.75) is 32.5 Å². The van der Waals surface area contributed by atoms with Crippen molar-refractivity contribution in [3.8, 4) is 11.5 Å². The molecule has 1 saturated heterocycles. The molecule has 0 spiro atoms. The summed E-state index contributed by atoms with van der Waals surface area (Å²) in [6.45, 7) is 5.86. The lowest BCUT2D eigenvalue weighted by Crippen LogP contribution is -2.43. The smallest absolute Gasteiger partial charge is 0.246 e. The lowest BCUT2D eigenvalue weighted by atomic mass is 10.1. The number of benzene rings is 1. The number of hydrogen-bond donors (Lipinski definition) is 0. The molecule has 2 atom stereocenters. The van der Waals surface area contributed by atoms with E-state index in [0.29, 0.717) is 30.8 Å². The van der Waals surface area contributed by atoms with Crippen molar-refractivity contribution in [2.75, 3.05) is 13.2 Å². The summed E-state index contributed by atoms with van der Waals surface area (Å²) < 4.78 is 17.1. The van der Waals surface area contributed by atoms with E-state index in [-0.39, 0.29) is 12.1 Å². The minimum Gasteiger partial charge on any atom is -0.440 e. The third-order valence-corrected chi connectivity index (χ3v) is 4.33. The van der Waals surface area contributed by atoms with Crippen molar-refractivity contribution in [1.29, 1.82) is 0 Å². The third kappa shape index (κ3) is 3.33. The van der Waals surface area contributed by atoms with Gasteiger partial charge in [-0.05, 0) is 26.0 Å². The normalized spacial score (nSPS) is 21.5. The van der Waals surface area contributed by atoms with Gasteiger partial charge >= 0.3 is 0 Å². The van der Waals surface area contributed by atoms with E-state index in [1.165, 1.54) is 0 Å². The van der Waals surface area contributed by atoms with Gasteiger partial charge in [-0.1, -0.05) is 23.4 Å². The molecule has 130 valence electrons. The highest BCUT2D eigenvalue weighted by Gasteiger charge is 2.35. The SMILES string of the molecule is Cc1noc([C@@H]2[C@@H](C)OCCN2Cc2cnc(-c3ccccc3)o2)n1. The molecule has 0 unspecified atom stereocenters. The summed E-state index contributed by atoms with van der Waals surface area (Å²) in [5.74, 6) is 2.63. The van der Waals surface area contributed by atoms with E-state index < -0.39 is 0 Å². The van der Waals surface area contributed by atoms with E-state index in [2.05, 4.69) is 20.0 Å². The van der Waals surface area contributed by atoms with Gasteiger partial charge in [0.2, 0.25) is 11.8 Å². The summed E-state index contributed by atoms with van der Waals surface area (Å²) in [5.41, 5.74) is 0.966. The highest BCUT2D eigenvalue weighted by Crippen LogP contribution is 2.30. The molecule has 0 radical (unpaired) electrons. The van der Waals surface area contributed by atoms with Crippen molar-refractivity contribution < 1.29 is 13.7 Å². The highest BCUT2D eigenvalue weighted by molar-refractivity contribution is 5.52. The number of aryl methyl sites for hydroxylation is 1. The number of nitrogens with zero attached hydrogens (tertiary/aromatic N) is 4. The predicted octanol–water partition coefficient (Wildman–Crippen LogP) is 3.00. The first kappa shape index (κ1) is 16.0. The van der Waals surface area contributed by atoms with Crippen LogP contribution < -0.4 is 0 Å². The fourth-order valence-corrected chi connectivity index (χ4v) is 3.15. The van der Waals surface area contributed by atoms with Gasteiger partial charge in [0, 0.05) is 12.1 Å². The minimum atomic E-state index is -0.0970. The summed E-state index contributed by atoms with van der Waals surface area (Å²) in [6, 6.07) is 9.78. The first-order valence-electron chi connectivity index (χ1n) is 8.36. The van der Waals surface area contributed by atoms with Crippen LogP contribution in [0, 0.1) is 6.92 Å². The molecule has 0 amide bonds. The molecule has 1 aromatic carbocycles. The quantitative estimate of drug-likeness (QED) is 0.722. The van der Waals surface area contributed by atoms with Crippen molar-refractivity contribution in [3.63, 3.8) is 0 Å². The Morgan fingerprint density at radius 1 is 1.24 bits per heavy atom. The van der Waals surface area contributed by atoms with E-state index in [0.717, 1.165) is 17.9 Å². The monoisotopic (exact) mass is 340 g/mol. The molecule has 3 aromatic rings. The maximum Gasteiger partial charge on any atom is 0.246 e. The van der Waals surface area contributed by atoms with Gasteiger partial charge in [0.25, 0.3) is 0 Å². The second-order valence-corrected chi connectivity index (χ2v) is 6.17. The van der Waals surface area contributed by atoms with Crippen LogP contribution in [0.25, 0.3) is 11.5 Å². The van der Waals surface area contributed by atoms with Crippen LogP contribution >= 0.6 is 0 Å². The molecule has 25 heavy (non-hydrogen) atoms. The van der Waals surface area contributed by atoms with Gasteiger partial charge in [-0.2, -0.15) is 4.98 Å². The average Bonchev–Trinajstić information content (AvgIpc) is 3.25. The van der Waals surface area contributed by atoms with Gasteiger partial charge < -0.3 is 13.7 Å². The van der Waals surface area contributed by atoms with Gasteiger partial charge in [0.15, 0.2) is 5.82 Å². The largest absolute Gasteiger partial charge is 0.440 e. The zero-order valence-corrected chi connectivity index (χ0v) is 14.3. The molecule has 3 heterocycles. The number of rotatable bonds is 4. The topological polar surface area (TPSA) is 77.4 Å². The molecule has 0 N–H and O–H groups in total. The number of ether oxygens (including phenoxy) is 1. The van der Waals surface area contributed by atoms with Gasteiger partial charge in [-0.15, -0.1) is 0 Å². The third-order valence-electron chi connectivity index (χ3n) is 4.33. The van der Waals surface area contributed by atoms with Gasteiger partial charge in [-0.25, -0.2) is 4.98 Å². The lowest BCUT2D eigenvalue weighted by molar-refractivity contribution is -0.0780. The summed E-state index contributed by atoms with van der Waals surface area (Å²) >= 11 is 0. The summed E-state index contributed by atoms with van der Waals surface area (Å²) in [5, 5.41) is 3.91. The second-order valence-electron chi connectivity index (χ2n) is 6.17. The van der Waals surface area contributed by atoms with Crippen LogP contribution in [0.1, 0.15) is 30.4 Å². The maximum atomic E-state index is 5.94. The molecule has 2 aromatic heterocycles. The standard InChI is InChI=1S/C18H20N4O3/c1-12-16(18-20-13(2)21-25-18)22(8-9-23-12)11-15-10-19-17(24-15)14-6-4-3-5-7-14/h3-7,10,12,16H,8-9,11H2,1-2H3/t12-,16+/m1/s1. The van der Waals surface area contributed by atoms with Crippen molar-refractivity contribution in [3.05, 3.63) is 54.0 Å². The van der Waals surface area contributed by atoms with Crippen LogP contribution in [-0.2, 0) is 11.3 Å².